The zero-order valence-electron chi connectivity index (χ0n) is 7.62. The molecule has 1 nitrogen and oxygen atoms in total. The van der Waals surface area contributed by atoms with Gasteiger partial charge in [-0.1, -0.05) is 19.1 Å². The van der Waals surface area contributed by atoms with Crippen molar-refractivity contribution in [2.45, 2.75) is 32.6 Å². The molecule has 2 aliphatic carbocycles. The molecule has 3 atom stereocenters. The molecule has 2 aliphatic rings. The van der Waals surface area contributed by atoms with E-state index in [-0.39, 0.29) is 0 Å². The molecule has 0 aromatic rings. The van der Waals surface area contributed by atoms with Gasteiger partial charge in [-0.15, -0.1) is 0 Å². The summed E-state index contributed by atoms with van der Waals surface area (Å²) in [6.07, 6.45) is 8.83. The zero-order chi connectivity index (χ0) is 8.55. The first kappa shape index (κ1) is 8.03. The number of carbonyl (C=O) groups excluding carboxylic acids is 1. The van der Waals surface area contributed by atoms with Gasteiger partial charge in [0.15, 0.2) is 0 Å². The summed E-state index contributed by atoms with van der Waals surface area (Å²) < 4.78 is 0. The van der Waals surface area contributed by atoms with Gasteiger partial charge in [0.2, 0.25) is 0 Å². The molecule has 0 bridgehead atoms. The van der Waals surface area contributed by atoms with Crippen LogP contribution in [0, 0.1) is 17.8 Å². The van der Waals surface area contributed by atoms with Gasteiger partial charge in [0.05, 0.1) is 0 Å². The van der Waals surface area contributed by atoms with Crippen LogP contribution in [0.25, 0.3) is 0 Å². The van der Waals surface area contributed by atoms with E-state index in [2.05, 4.69) is 19.1 Å². The van der Waals surface area contributed by atoms with Crippen LogP contribution in [-0.2, 0) is 4.79 Å². The summed E-state index contributed by atoms with van der Waals surface area (Å²) >= 11 is 0. The summed E-state index contributed by atoms with van der Waals surface area (Å²) in [7, 11) is 0. The highest BCUT2D eigenvalue weighted by Gasteiger charge is 2.35. The highest BCUT2D eigenvalue weighted by atomic mass is 16.1. The molecule has 12 heavy (non-hydrogen) atoms. The lowest BCUT2D eigenvalue weighted by molar-refractivity contribution is -0.128. The van der Waals surface area contributed by atoms with E-state index in [0.29, 0.717) is 23.5 Å². The first-order chi connectivity index (χ1) is 5.79. The first-order valence-corrected chi connectivity index (χ1v) is 4.98. The number of rotatable bonds is 0. The fourth-order valence-corrected chi connectivity index (χ4v) is 2.72. The Labute approximate surface area is 73.8 Å². The van der Waals surface area contributed by atoms with Crippen molar-refractivity contribution >= 4 is 5.78 Å². The maximum atomic E-state index is 11.6. The van der Waals surface area contributed by atoms with Crippen molar-refractivity contribution in [3.63, 3.8) is 0 Å². The van der Waals surface area contributed by atoms with Crippen molar-refractivity contribution < 1.29 is 4.79 Å². The molecule has 0 aromatic carbocycles. The predicted molar refractivity (Wildman–Crippen MR) is 48.8 cm³/mol. The van der Waals surface area contributed by atoms with Gasteiger partial charge in [0, 0.05) is 12.3 Å². The Bertz CT molecular complexity index is 217. The lowest BCUT2D eigenvalue weighted by Crippen LogP contribution is -2.34. The number of fused-ring (bicyclic) bond motifs is 1. The van der Waals surface area contributed by atoms with E-state index < -0.39 is 0 Å². The van der Waals surface area contributed by atoms with E-state index in [1.807, 2.05) is 0 Å². The highest BCUT2D eigenvalue weighted by molar-refractivity contribution is 5.82. The van der Waals surface area contributed by atoms with Gasteiger partial charge in [0.1, 0.15) is 5.78 Å². The molecule has 0 heterocycles. The Hall–Kier alpha value is -0.590. The van der Waals surface area contributed by atoms with Gasteiger partial charge < -0.3 is 0 Å². The van der Waals surface area contributed by atoms with Crippen molar-refractivity contribution in [1.82, 2.24) is 0 Å². The molecule has 1 fully saturated rings. The summed E-state index contributed by atoms with van der Waals surface area (Å²) in [5.41, 5.74) is 0. The SMILES string of the molecule is C[C@@H]1C=CC[C@H]2CCCC(=O)[C@H]21. The Morgan fingerprint density at radius 2 is 2.33 bits per heavy atom. The lowest BCUT2D eigenvalue weighted by atomic mass is 9.68. The molecule has 0 spiro atoms. The van der Waals surface area contributed by atoms with Crippen LogP contribution in [0.4, 0.5) is 0 Å². The van der Waals surface area contributed by atoms with Gasteiger partial charge in [-0.3, -0.25) is 4.79 Å². The van der Waals surface area contributed by atoms with E-state index in [1.54, 1.807) is 0 Å². The Kier molecular flexibility index (Phi) is 2.03. The van der Waals surface area contributed by atoms with E-state index in [0.717, 1.165) is 19.3 Å². The van der Waals surface area contributed by atoms with E-state index in [9.17, 15) is 4.79 Å². The summed E-state index contributed by atoms with van der Waals surface area (Å²) in [6.45, 7) is 2.18. The summed E-state index contributed by atoms with van der Waals surface area (Å²) in [6, 6.07) is 0. The zero-order valence-corrected chi connectivity index (χ0v) is 7.62. The molecule has 0 radical (unpaired) electrons. The Morgan fingerprint density at radius 1 is 1.50 bits per heavy atom. The molecule has 0 saturated heterocycles. The molecular weight excluding hydrogens is 148 g/mol. The van der Waals surface area contributed by atoms with Crippen LogP contribution in [0.15, 0.2) is 12.2 Å². The second-order valence-electron chi connectivity index (χ2n) is 4.17. The van der Waals surface area contributed by atoms with Crippen LogP contribution < -0.4 is 0 Å². The average Bonchev–Trinajstić information content (AvgIpc) is 2.04. The molecule has 2 rings (SSSR count). The van der Waals surface area contributed by atoms with Gasteiger partial charge in [-0.25, -0.2) is 0 Å². The maximum Gasteiger partial charge on any atom is 0.136 e. The summed E-state index contributed by atoms with van der Waals surface area (Å²) in [4.78, 5) is 11.6. The molecule has 0 amide bonds. The molecule has 1 saturated carbocycles. The van der Waals surface area contributed by atoms with Gasteiger partial charge >= 0.3 is 0 Å². The second-order valence-corrected chi connectivity index (χ2v) is 4.17. The average molecular weight is 164 g/mol. The van der Waals surface area contributed by atoms with Crippen LogP contribution in [0.1, 0.15) is 32.6 Å². The second kappa shape index (κ2) is 3.04. The van der Waals surface area contributed by atoms with Gasteiger partial charge in [-0.2, -0.15) is 0 Å². The summed E-state index contributed by atoms with van der Waals surface area (Å²) in [5.74, 6) is 2.05. The predicted octanol–water partition coefficient (Wildman–Crippen LogP) is 2.57. The molecular formula is C11H16O. The topological polar surface area (TPSA) is 17.1 Å². The third-order valence-corrected chi connectivity index (χ3v) is 3.32. The minimum absolute atomic E-state index is 0.365. The molecule has 1 heteroatoms. The standard InChI is InChI=1S/C11H16O/c1-8-4-2-5-9-6-3-7-10(12)11(8)9/h2,4,8-9,11H,3,5-7H2,1H3/t8-,9+,11+/m1/s1. The van der Waals surface area contributed by atoms with Gasteiger partial charge in [0.25, 0.3) is 0 Å². The monoisotopic (exact) mass is 164 g/mol. The van der Waals surface area contributed by atoms with Crippen LogP contribution in [0.2, 0.25) is 0 Å². The van der Waals surface area contributed by atoms with Crippen LogP contribution in [0.5, 0.6) is 0 Å². The number of carbonyl (C=O) groups is 1. The molecule has 0 N–H and O–H groups in total. The van der Waals surface area contributed by atoms with Crippen LogP contribution in [-0.4, -0.2) is 5.78 Å². The minimum atomic E-state index is 0.365. The number of hydrogen-bond acceptors (Lipinski definition) is 1. The van der Waals surface area contributed by atoms with Crippen molar-refractivity contribution in [1.29, 1.82) is 0 Å². The maximum absolute atomic E-state index is 11.6. The third kappa shape index (κ3) is 1.21. The number of hydrogen-bond donors (Lipinski definition) is 0. The lowest BCUT2D eigenvalue weighted by Gasteiger charge is -2.35. The Morgan fingerprint density at radius 3 is 3.08 bits per heavy atom. The molecule has 66 valence electrons. The largest absolute Gasteiger partial charge is 0.299 e. The van der Waals surface area contributed by atoms with E-state index >= 15 is 0 Å². The quantitative estimate of drug-likeness (QED) is 0.503. The van der Waals surface area contributed by atoms with Gasteiger partial charge in [-0.05, 0) is 31.1 Å². The molecule has 0 aliphatic heterocycles. The third-order valence-electron chi connectivity index (χ3n) is 3.32. The van der Waals surface area contributed by atoms with E-state index in [1.165, 1.54) is 6.42 Å². The Balaban J connectivity index is 2.20. The minimum Gasteiger partial charge on any atom is -0.299 e. The highest BCUT2D eigenvalue weighted by Crippen LogP contribution is 2.38. The van der Waals surface area contributed by atoms with Crippen molar-refractivity contribution in [2.75, 3.05) is 0 Å². The van der Waals surface area contributed by atoms with Crippen LogP contribution >= 0.6 is 0 Å². The van der Waals surface area contributed by atoms with Crippen molar-refractivity contribution in [3.05, 3.63) is 12.2 Å². The normalized spacial score (nSPS) is 41.1. The fraction of sp³-hybridized carbons (Fsp3) is 0.727. The molecule has 0 unspecified atom stereocenters. The van der Waals surface area contributed by atoms with E-state index in [4.69, 9.17) is 0 Å². The molecule has 0 aromatic heterocycles. The number of Topliss-reactive ketones (excluding diaryl/α,β-unsaturated/α-hetero) is 1. The summed E-state index contributed by atoms with van der Waals surface area (Å²) in [5, 5.41) is 0. The van der Waals surface area contributed by atoms with Crippen LogP contribution in [0.3, 0.4) is 0 Å². The first-order valence-electron chi connectivity index (χ1n) is 4.98. The number of ketones is 1. The smallest absolute Gasteiger partial charge is 0.136 e. The number of allylic oxidation sites excluding steroid dienone is 2. The fourth-order valence-electron chi connectivity index (χ4n) is 2.72. The van der Waals surface area contributed by atoms with Crippen molar-refractivity contribution in [2.24, 2.45) is 17.8 Å². The van der Waals surface area contributed by atoms with Crippen molar-refractivity contribution in [3.8, 4) is 0 Å².